The molecular formula is C18H20Cl2NNaO6S. The van der Waals surface area contributed by atoms with E-state index in [0.29, 0.717) is 27.1 Å². The zero-order chi connectivity index (χ0) is 20.7. The minimum atomic E-state index is -3.51. The average molecular weight is 472 g/mol. The molecule has 0 aliphatic heterocycles. The number of benzene rings is 2. The van der Waals surface area contributed by atoms with Gasteiger partial charge in [-0.15, -0.1) is 0 Å². The van der Waals surface area contributed by atoms with Crippen LogP contribution in [-0.2, 0) is 21.4 Å². The zero-order valence-electron chi connectivity index (χ0n) is 17.0. The molecule has 0 radical (unpaired) electrons. The van der Waals surface area contributed by atoms with Crippen molar-refractivity contribution in [2.45, 2.75) is 6.54 Å². The van der Waals surface area contributed by atoms with Crippen molar-refractivity contribution < 1.29 is 58.8 Å². The molecule has 0 saturated heterocycles. The van der Waals surface area contributed by atoms with Gasteiger partial charge in [-0.3, -0.25) is 0 Å². The smallest absolute Gasteiger partial charge is 1.00 e. The number of carboxylic acid groups (broad SMARTS) is 1. The first-order valence-corrected chi connectivity index (χ1v) is 10.7. The molecule has 0 heterocycles. The summed E-state index contributed by atoms with van der Waals surface area (Å²) in [4.78, 5) is 10.6. The van der Waals surface area contributed by atoms with E-state index in [9.17, 15) is 13.2 Å². The van der Waals surface area contributed by atoms with Crippen molar-refractivity contribution in [3.05, 3.63) is 58.1 Å². The molecule has 0 aliphatic carbocycles. The van der Waals surface area contributed by atoms with Crippen LogP contribution in [0.2, 0.25) is 10.0 Å². The molecule has 29 heavy (non-hydrogen) atoms. The zero-order valence-corrected chi connectivity index (χ0v) is 20.3. The van der Waals surface area contributed by atoms with E-state index in [-0.39, 0.29) is 50.7 Å². The maximum Gasteiger partial charge on any atom is 1.00 e. The summed E-state index contributed by atoms with van der Waals surface area (Å²) in [5.41, 5.74) is 0.652. The fourth-order valence-corrected chi connectivity index (χ4v) is 3.62. The summed E-state index contributed by atoms with van der Waals surface area (Å²) in [5.74, 6) is -0.311. The largest absolute Gasteiger partial charge is 1.00 e. The summed E-state index contributed by atoms with van der Waals surface area (Å²) in [7, 11) is -3.51. The predicted octanol–water partition coefficient (Wildman–Crippen LogP) is 0.414. The van der Waals surface area contributed by atoms with Gasteiger partial charge in [0.25, 0.3) is 0 Å². The number of hydrogen-bond acceptors (Lipinski definition) is 5. The van der Waals surface area contributed by atoms with Crippen molar-refractivity contribution in [1.29, 1.82) is 0 Å². The first-order chi connectivity index (χ1) is 13.1. The van der Waals surface area contributed by atoms with Gasteiger partial charge in [-0.05, 0) is 35.9 Å². The second kappa shape index (κ2) is 12.0. The van der Waals surface area contributed by atoms with Gasteiger partial charge in [0.05, 0.1) is 6.26 Å². The molecule has 7 nitrogen and oxygen atoms in total. The molecule has 2 aromatic rings. The maximum absolute atomic E-state index is 12.1. The monoisotopic (exact) mass is 471 g/mol. The molecule has 0 spiro atoms. The molecule has 0 fully saturated rings. The Morgan fingerprint density at radius 3 is 2.34 bits per heavy atom. The summed E-state index contributed by atoms with van der Waals surface area (Å²) in [5, 5.41) is 9.51. The second-order valence-electron chi connectivity index (χ2n) is 5.88. The van der Waals surface area contributed by atoms with Crippen LogP contribution in [0.1, 0.15) is 6.99 Å². The van der Waals surface area contributed by atoms with Crippen molar-refractivity contribution in [3.63, 3.8) is 0 Å². The first-order valence-electron chi connectivity index (χ1n) is 8.11. The molecule has 154 valence electrons. The van der Waals surface area contributed by atoms with Crippen LogP contribution in [0, 0.1) is 0 Å². The Morgan fingerprint density at radius 1 is 1.10 bits per heavy atom. The second-order valence-corrected chi connectivity index (χ2v) is 8.74. The number of sulfonamides is 1. The van der Waals surface area contributed by atoms with Crippen molar-refractivity contribution >= 4 is 39.2 Å². The summed E-state index contributed by atoms with van der Waals surface area (Å²) in [6, 6.07) is 11.3. The number of halogens is 2. The van der Waals surface area contributed by atoms with Crippen LogP contribution >= 0.6 is 23.2 Å². The molecule has 0 saturated carbocycles. The van der Waals surface area contributed by atoms with Gasteiger partial charge >= 0.3 is 35.5 Å². The van der Waals surface area contributed by atoms with Gasteiger partial charge in [0.1, 0.15) is 18.1 Å². The van der Waals surface area contributed by atoms with Gasteiger partial charge in [0.15, 0.2) is 6.61 Å². The molecule has 0 aromatic heterocycles. The van der Waals surface area contributed by atoms with Crippen LogP contribution < -0.4 is 39.0 Å². The van der Waals surface area contributed by atoms with Crippen LogP contribution in [0.4, 0.5) is 0 Å². The topological polar surface area (TPSA) is 93.1 Å². The Bertz CT molecular complexity index is 928. The number of ether oxygens (including phenoxy) is 2. The quantitative estimate of drug-likeness (QED) is 0.504. The van der Waals surface area contributed by atoms with E-state index in [2.05, 4.69) is 0 Å². The molecule has 0 unspecified atom stereocenters. The van der Waals surface area contributed by atoms with E-state index in [0.717, 1.165) is 6.26 Å². The number of hydrogen-bond donors (Lipinski definition) is 1. The van der Waals surface area contributed by atoms with Crippen LogP contribution in [0.15, 0.2) is 42.5 Å². The number of aliphatic carboxylic acids is 1. The first kappa shape index (κ1) is 26.0. The fourth-order valence-electron chi connectivity index (χ4n) is 2.32. The molecule has 0 bridgehead atoms. The van der Waals surface area contributed by atoms with Crippen LogP contribution in [0.25, 0.3) is 0 Å². The summed E-state index contributed by atoms with van der Waals surface area (Å²) >= 11 is 11.8. The van der Waals surface area contributed by atoms with Gasteiger partial charge in [-0.2, -0.15) is 4.31 Å². The van der Waals surface area contributed by atoms with Gasteiger partial charge < -0.3 is 16.0 Å². The number of carbonyl (C=O) groups is 1. The van der Waals surface area contributed by atoms with Crippen molar-refractivity contribution in [2.75, 3.05) is 26.0 Å². The summed E-state index contributed by atoms with van der Waals surface area (Å²) in [6.45, 7) is -0.194. The van der Waals surface area contributed by atoms with Crippen LogP contribution in [-0.4, -0.2) is 49.8 Å². The van der Waals surface area contributed by atoms with Gasteiger partial charge in [0, 0.05) is 23.1 Å². The van der Waals surface area contributed by atoms with E-state index < -0.39 is 22.6 Å². The Kier molecular flexibility index (Phi) is 10.8. The molecule has 2 rings (SSSR count). The Morgan fingerprint density at radius 2 is 1.76 bits per heavy atom. The normalized spacial score (nSPS) is 11.0. The van der Waals surface area contributed by atoms with Crippen LogP contribution in [0.3, 0.4) is 0 Å². The summed E-state index contributed by atoms with van der Waals surface area (Å²) in [6.07, 6.45) is 1.11. The van der Waals surface area contributed by atoms with Gasteiger partial charge in [-0.25, -0.2) is 13.2 Å². The minimum Gasteiger partial charge on any atom is -1.00 e. The van der Waals surface area contributed by atoms with Crippen molar-refractivity contribution in [2.24, 2.45) is 0 Å². The van der Waals surface area contributed by atoms with Crippen molar-refractivity contribution in [1.82, 2.24) is 4.31 Å². The van der Waals surface area contributed by atoms with Crippen molar-refractivity contribution in [3.8, 4) is 11.5 Å². The molecule has 0 atom stereocenters. The molecule has 1 N–H and O–H groups in total. The molecule has 11 heteroatoms. The van der Waals surface area contributed by atoms with E-state index in [1.54, 1.807) is 42.5 Å². The van der Waals surface area contributed by atoms with E-state index in [1.165, 1.54) is 4.31 Å². The van der Waals surface area contributed by atoms with Gasteiger partial charge in [-0.1, -0.05) is 35.3 Å². The Labute approximate surface area is 203 Å². The molecule has 0 amide bonds. The fraction of sp³-hybridized carbons (Fsp3) is 0.278. The van der Waals surface area contributed by atoms with Crippen LogP contribution in [0.5, 0.6) is 11.5 Å². The average Bonchev–Trinajstić information content (AvgIpc) is 2.58. The molecule has 0 aliphatic rings. The van der Waals surface area contributed by atoms with E-state index in [1.807, 2.05) is 0 Å². The van der Waals surface area contributed by atoms with E-state index >= 15 is 0 Å². The molecular weight excluding hydrogens is 452 g/mol. The standard InChI is InChI=1S/C18H19Cl2NO6S.Na.H/c1-28(24,25)21(5-6-26-17-9-14(19)8-15(20)10-17)11-13-3-2-4-16(7-13)27-12-18(22)23;;/h2-4,7-10H,5-6,11-12H2,1H3,(H,22,23);;/q;+1;-1. The number of carboxylic acids is 1. The summed E-state index contributed by atoms with van der Waals surface area (Å²) < 4.78 is 36.1. The Balaban J connectivity index is 0.00000420. The van der Waals surface area contributed by atoms with E-state index in [4.69, 9.17) is 37.8 Å². The minimum absolute atomic E-state index is 0. The third kappa shape index (κ3) is 9.57. The Hall–Kier alpha value is -1.00. The predicted molar refractivity (Wildman–Crippen MR) is 108 cm³/mol. The third-order valence-electron chi connectivity index (χ3n) is 3.53. The maximum atomic E-state index is 12.1. The number of nitrogens with zero attached hydrogens (tertiary/aromatic N) is 1. The number of rotatable bonds is 10. The molecule has 2 aromatic carbocycles. The SMILES string of the molecule is CS(=O)(=O)N(CCOc1cc(Cl)cc(Cl)c1)Cc1cccc(OCC(=O)O)c1.[H-].[Na+]. The van der Waals surface area contributed by atoms with Gasteiger partial charge in [0.2, 0.25) is 10.0 Å². The third-order valence-corrected chi connectivity index (χ3v) is 5.22.